The van der Waals surface area contributed by atoms with Gasteiger partial charge in [-0.2, -0.15) is 5.10 Å². The van der Waals surface area contributed by atoms with Crippen LogP contribution in [-0.4, -0.2) is 39.9 Å². The monoisotopic (exact) mass is 510 g/mol. The van der Waals surface area contributed by atoms with Crippen LogP contribution in [0.4, 0.5) is 0 Å². The number of fused-ring (bicyclic) bond motifs is 1. The van der Waals surface area contributed by atoms with Gasteiger partial charge in [0.05, 0.1) is 13.1 Å². The standard InChI is InChI=1S/C22H34N6.HI/c1-5-22(6-2,18-11-9-8-10-12-18)16-24-21(23-7-3)26-19-13-14-20-25-17(4)27-28(20)15-19;/h8-12,19H,5-7,13-16H2,1-4H3,(H2,23,24,26);1H. The minimum absolute atomic E-state index is 0. The summed E-state index contributed by atoms with van der Waals surface area (Å²) in [6.07, 6.45) is 4.15. The summed E-state index contributed by atoms with van der Waals surface area (Å²) in [6.45, 7) is 11.1. The van der Waals surface area contributed by atoms with E-state index in [-0.39, 0.29) is 29.4 Å². The highest BCUT2D eigenvalue weighted by Gasteiger charge is 2.28. The maximum Gasteiger partial charge on any atom is 0.191 e. The smallest absolute Gasteiger partial charge is 0.191 e. The minimum atomic E-state index is 0. The van der Waals surface area contributed by atoms with Crippen molar-refractivity contribution in [2.24, 2.45) is 4.99 Å². The Bertz CT molecular complexity index is 782. The third-order valence-corrected chi connectivity index (χ3v) is 5.93. The number of nitrogens with zero attached hydrogens (tertiary/aromatic N) is 4. The summed E-state index contributed by atoms with van der Waals surface area (Å²) in [6, 6.07) is 11.1. The number of nitrogens with one attached hydrogen (secondary N) is 2. The molecule has 7 heteroatoms. The summed E-state index contributed by atoms with van der Waals surface area (Å²) in [4.78, 5) is 9.51. The SMILES string of the molecule is CCNC(=NCC(CC)(CC)c1ccccc1)NC1CCc2nc(C)nn2C1.I. The molecule has 1 aromatic heterocycles. The average molecular weight is 510 g/mol. The summed E-state index contributed by atoms with van der Waals surface area (Å²) in [7, 11) is 0. The highest BCUT2D eigenvalue weighted by atomic mass is 127. The summed E-state index contributed by atoms with van der Waals surface area (Å²) >= 11 is 0. The Morgan fingerprint density at radius 1 is 1.21 bits per heavy atom. The van der Waals surface area contributed by atoms with E-state index >= 15 is 0 Å². The second kappa shape index (κ2) is 10.9. The summed E-state index contributed by atoms with van der Waals surface area (Å²) in [5.41, 5.74) is 1.45. The second-order valence-electron chi connectivity index (χ2n) is 7.69. The van der Waals surface area contributed by atoms with Gasteiger partial charge in [-0.25, -0.2) is 9.67 Å². The van der Waals surface area contributed by atoms with Crippen molar-refractivity contribution in [3.63, 3.8) is 0 Å². The van der Waals surface area contributed by atoms with Crippen LogP contribution >= 0.6 is 24.0 Å². The van der Waals surface area contributed by atoms with Gasteiger partial charge in [0, 0.05) is 24.4 Å². The molecule has 2 aromatic rings. The van der Waals surface area contributed by atoms with Crippen LogP contribution in [0.1, 0.15) is 57.2 Å². The van der Waals surface area contributed by atoms with E-state index in [2.05, 4.69) is 71.8 Å². The van der Waals surface area contributed by atoms with Gasteiger partial charge in [0.1, 0.15) is 11.6 Å². The molecule has 160 valence electrons. The van der Waals surface area contributed by atoms with E-state index in [1.807, 2.05) is 11.6 Å². The number of hydrogen-bond acceptors (Lipinski definition) is 3. The second-order valence-corrected chi connectivity index (χ2v) is 7.69. The molecule has 1 atom stereocenters. The number of halogens is 1. The summed E-state index contributed by atoms with van der Waals surface area (Å²) < 4.78 is 2.03. The number of aromatic nitrogens is 3. The molecule has 1 aliphatic heterocycles. The van der Waals surface area contributed by atoms with Crippen molar-refractivity contribution < 1.29 is 0 Å². The Hall–Kier alpha value is -1.64. The molecule has 0 bridgehead atoms. The molecular weight excluding hydrogens is 475 g/mol. The lowest BCUT2D eigenvalue weighted by atomic mass is 9.76. The highest BCUT2D eigenvalue weighted by Crippen LogP contribution is 2.32. The zero-order valence-corrected chi connectivity index (χ0v) is 20.4. The lowest BCUT2D eigenvalue weighted by Crippen LogP contribution is -2.47. The Labute approximate surface area is 192 Å². The van der Waals surface area contributed by atoms with E-state index < -0.39 is 0 Å². The number of guanidine groups is 1. The molecule has 0 saturated heterocycles. The molecule has 1 unspecified atom stereocenters. The molecule has 3 rings (SSSR count). The first-order valence-corrected chi connectivity index (χ1v) is 10.6. The fourth-order valence-corrected chi connectivity index (χ4v) is 4.06. The van der Waals surface area contributed by atoms with Crippen LogP contribution < -0.4 is 10.6 Å². The van der Waals surface area contributed by atoms with Crippen molar-refractivity contribution in [2.45, 2.75) is 71.4 Å². The number of aryl methyl sites for hydroxylation is 2. The van der Waals surface area contributed by atoms with Crippen molar-refractivity contribution in [2.75, 3.05) is 13.1 Å². The van der Waals surface area contributed by atoms with Crippen LogP contribution in [-0.2, 0) is 18.4 Å². The number of benzene rings is 1. The first-order chi connectivity index (χ1) is 13.6. The number of aliphatic imine (C=N–C) groups is 1. The van der Waals surface area contributed by atoms with Crippen molar-refractivity contribution in [1.82, 2.24) is 25.4 Å². The quantitative estimate of drug-likeness (QED) is 0.338. The van der Waals surface area contributed by atoms with Crippen LogP contribution in [0.15, 0.2) is 35.3 Å². The van der Waals surface area contributed by atoms with Gasteiger partial charge in [0.25, 0.3) is 0 Å². The molecule has 0 spiro atoms. The Morgan fingerprint density at radius 3 is 2.59 bits per heavy atom. The van der Waals surface area contributed by atoms with E-state index in [0.29, 0.717) is 6.04 Å². The normalized spacial score (nSPS) is 16.7. The predicted octanol–water partition coefficient (Wildman–Crippen LogP) is 3.83. The van der Waals surface area contributed by atoms with E-state index in [0.717, 1.165) is 62.9 Å². The Kier molecular flexibility index (Phi) is 8.92. The first-order valence-electron chi connectivity index (χ1n) is 10.6. The molecule has 1 aromatic carbocycles. The lowest BCUT2D eigenvalue weighted by Gasteiger charge is -2.31. The van der Waals surface area contributed by atoms with Gasteiger partial charge in [-0.05, 0) is 38.7 Å². The van der Waals surface area contributed by atoms with Crippen molar-refractivity contribution in [3.8, 4) is 0 Å². The predicted molar refractivity (Wildman–Crippen MR) is 130 cm³/mol. The van der Waals surface area contributed by atoms with Gasteiger partial charge in [-0.3, -0.25) is 4.99 Å². The molecule has 0 aliphatic carbocycles. The largest absolute Gasteiger partial charge is 0.357 e. The van der Waals surface area contributed by atoms with E-state index in [9.17, 15) is 0 Å². The number of rotatable bonds is 7. The Morgan fingerprint density at radius 2 is 1.93 bits per heavy atom. The van der Waals surface area contributed by atoms with E-state index in [4.69, 9.17) is 4.99 Å². The number of hydrogen-bond donors (Lipinski definition) is 2. The maximum absolute atomic E-state index is 5.01. The molecule has 2 heterocycles. The fourth-order valence-electron chi connectivity index (χ4n) is 4.06. The molecule has 29 heavy (non-hydrogen) atoms. The summed E-state index contributed by atoms with van der Waals surface area (Å²) in [5, 5.41) is 11.6. The average Bonchev–Trinajstić information content (AvgIpc) is 3.09. The van der Waals surface area contributed by atoms with Crippen molar-refractivity contribution in [1.29, 1.82) is 0 Å². The van der Waals surface area contributed by atoms with Gasteiger partial charge in [-0.15, -0.1) is 24.0 Å². The van der Waals surface area contributed by atoms with Crippen LogP contribution in [0.5, 0.6) is 0 Å². The first kappa shape index (κ1) is 23.6. The maximum atomic E-state index is 5.01. The topological polar surface area (TPSA) is 67.1 Å². The minimum Gasteiger partial charge on any atom is -0.357 e. The van der Waals surface area contributed by atoms with Gasteiger partial charge in [0.15, 0.2) is 5.96 Å². The third kappa shape index (κ3) is 5.71. The molecule has 0 fully saturated rings. The molecule has 6 nitrogen and oxygen atoms in total. The molecule has 0 amide bonds. The molecule has 1 aliphatic rings. The third-order valence-electron chi connectivity index (χ3n) is 5.93. The van der Waals surface area contributed by atoms with Crippen LogP contribution in [0.25, 0.3) is 0 Å². The summed E-state index contributed by atoms with van der Waals surface area (Å²) in [5.74, 6) is 2.85. The highest BCUT2D eigenvalue weighted by molar-refractivity contribution is 14.0. The van der Waals surface area contributed by atoms with Gasteiger partial charge < -0.3 is 10.6 Å². The molecule has 0 saturated carbocycles. The molecule has 2 N–H and O–H groups in total. The molecular formula is C22H35IN6. The lowest BCUT2D eigenvalue weighted by molar-refractivity contribution is 0.387. The van der Waals surface area contributed by atoms with Gasteiger partial charge in [-0.1, -0.05) is 44.2 Å². The zero-order chi connectivity index (χ0) is 20.0. The van der Waals surface area contributed by atoms with Gasteiger partial charge in [0.2, 0.25) is 0 Å². The van der Waals surface area contributed by atoms with Crippen LogP contribution in [0, 0.1) is 6.92 Å². The Balaban J connectivity index is 0.00000300. The van der Waals surface area contributed by atoms with E-state index in [1.165, 1.54) is 5.56 Å². The van der Waals surface area contributed by atoms with Crippen molar-refractivity contribution >= 4 is 29.9 Å². The van der Waals surface area contributed by atoms with E-state index in [1.54, 1.807) is 0 Å². The fraction of sp³-hybridized carbons (Fsp3) is 0.591. The van der Waals surface area contributed by atoms with Crippen molar-refractivity contribution in [3.05, 3.63) is 47.5 Å². The molecule has 0 radical (unpaired) electrons. The zero-order valence-electron chi connectivity index (χ0n) is 18.1. The van der Waals surface area contributed by atoms with Crippen LogP contribution in [0.3, 0.4) is 0 Å². The van der Waals surface area contributed by atoms with Crippen LogP contribution in [0.2, 0.25) is 0 Å². The van der Waals surface area contributed by atoms with Gasteiger partial charge >= 0.3 is 0 Å².